The molecule has 1 unspecified atom stereocenters. The lowest BCUT2D eigenvalue weighted by molar-refractivity contribution is 0.0939. The fraction of sp³-hybridized carbons (Fsp3) is 0.350. The van der Waals surface area contributed by atoms with Crippen LogP contribution in [0.3, 0.4) is 0 Å². The smallest absolute Gasteiger partial charge is 0.255 e. The zero-order valence-electron chi connectivity index (χ0n) is 15.7. The number of aryl methyl sites for hydroxylation is 1. The van der Waals surface area contributed by atoms with E-state index >= 15 is 0 Å². The molecule has 0 aromatic heterocycles. The normalized spacial score (nSPS) is 12.1. The highest BCUT2D eigenvalue weighted by atomic mass is 35.5. The van der Waals surface area contributed by atoms with Gasteiger partial charge < -0.3 is 20.7 Å². The van der Waals surface area contributed by atoms with Crippen molar-refractivity contribution in [2.24, 2.45) is 0 Å². The summed E-state index contributed by atoms with van der Waals surface area (Å²) in [5.74, 6) is 0.152. The zero-order chi connectivity index (χ0) is 19.3. The number of nitrogen functional groups attached to an aromatic ring is 1. The van der Waals surface area contributed by atoms with Crippen molar-refractivity contribution in [3.8, 4) is 5.75 Å². The first-order chi connectivity index (χ1) is 12.4. The Kier molecular flexibility index (Phi) is 6.89. The minimum atomic E-state index is -0.249. The van der Waals surface area contributed by atoms with Gasteiger partial charge in [-0.25, -0.2) is 0 Å². The first-order valence-electron chi connectivity index (χ1n) is 8.53. The predicted octanol–water partition coefficient (Wildman–Crippen LogP) is 3.53. The van der Waals surface area contributed by atoms with Crippen LogP contribution in [0.4, 0.5) is 5.69 Å². The summed E-state index contributed by atoms with van der Waals surface area (Å²) in [6, 6.07) is 11.6. The third-order valence-corrected chi connectivity index (χ3v) is 4.74. The molecule has 0 radical (unpaired) electrons. The largest absolute Gasteiger partial charge is 0.496 e. The van der Waals surface area contributed by atoms with Crippen LogP contribution in [-0.2, 0) is 6.42 Å². The molecule has 140 valence electrons. The molecule has 5 nitrogen and oxygen atoms in total. The Hall–Kier alpha value is -2.24. The highest BCUT2D eigenvalue weighted by Gasteiger charge is 2.19. The van der Waals surface area contributed by atoms with Gasteiger partial charge in [-0.1, -0.05) is 42.8 Å². The lowest BCUT2D eigenvalue weighted by atomic mass is 10.0. The molecule has 0 aliphatic heterocycles. The predicted molar refractivity (Wildman–Crippen MR) is 107 cm³/mol. The Bertz CT molecular complexity index is 760. The average Bonchev–Trinajstić information content (AvgIpc) is 2.63. The maximum Gasteiger partial charge on any atom is 0.255 e. The van der Waals surface area contributed by atoms with Crippen LogP contribution in [0, 0.1) is 0 Å². The van der Waals surface area contributed by atoms with Crippen molar-refractivity contribution in [3.63, 3.8) is 0 Å². The topological polar surface area (TPSA) is 67.6 Å². The average molecular weight is 376 g/mol. The van der Waals surface area contributed by atoms with Crippen LogP contribution in [0.15, 0.2) is 36.4 Å². The number of hydrogen-bond donors (Lipinski definition) is 2. The molecule has 0 saturated heterocycles. The molecule has 0 saturated carbocycles. The van der Waals surface area contributed by atoms with Crippen molar-refractivity contribution in [1.29, 1.82) is 0 Å². The summed E-state index contributed by atoms with van der Waals surface area (Å²) in [5, 5.41) is 3.30. The number of methoxy groups -OCH3 is 1. The molecule has 3 N–H and O–H groups in total. The number of carbonyl (C=O) groups is 1. The highest BCUT2D eigenvalue weighted by Crippen LogP contribution is 2.29. The molecule has 1 amide bonds. The first kappa shape index (κ1) is 20.1. The van der Waals surface area contributed by atoms with Crippen molar-refractivity contribution in [2.75, 3.05) is 33.5 Å². The van der Waals surface area contributed by atoms with E-state index in [1.807, 2.05) is 14.1 Å². The van der Waals surface area contributed by atoms with E-state index in [2.05, 4.69) is 41.4 Å². The maximum absolute atomic E-state index is 12.6. The van der Waals surface area contributed by atoms with Crippen LogP contribution < -0.4 is 15.8 Å². The number of nitrogens with zero attached hydrogens (tertiary/aromatic N) is 1. The van der Waals surface area contributed by atoms with Crippen LogP contribution in [0.2, 0.25) is 5.02 Å². The standard InChI is InChI=1S/C20H26ClN3O2/c1-5-13-6-8-14(9-7-13)18(24(2)3)12-23-20(25)15-10-16(21)17(22)11-19(15)26-4/h6-11,18H,5,12,22H2,1-4H3,(H,23,25). The van der Waals surface area contributed by atoms with E-state index in [4.69, 9.17) is 22.1 Å². The van der Waals surface area contributed by atoms with E-state index in [-0.39, 0.29) is 11.9 Å². The second-order valence-electron chi connectivity index (χ2n) is 6.36. The Labute approximate surface area is 160 Å². The van der Waals surface area contributed by atoms with E-state index < -0.39 is 0 Å². The number of halogens is 1. The number of hydrogen-bond acceptors (Lipinski definition) is 4. The number of likely N-dealkylation sites (N-methyl/N-ethyl adjacent to an activating group) is 1. The van der Waals surface area contributed by atoms with Gasteiger partial charge in [0.25, 0.3) is 5.91 Å². The van der Waals surface area contributed by atoms with E-state index in [1.165, 1.54) is 18.7 Å². The number of ether oxygens (including phenoxy) is 1. The molecule has 26 heavy (non-hydrogen) atoms. The van der Waals surface area contributed by atoms with Gasteiger partial charge in [0.2, 0.25) is 0 Å². The van der Waals surface area contributed by atoms with E-state index in [9.17, 15) is 4.79 Å². The Morgan fingerprint density at radius 1 is 1.27 bits per heavy atom. The molecular formula is C20H26ClN3O2. The van der Waals surface area contributed by atoms with Gasteiger partial charge in [0.05, 0.1) is 29.4 Å². The molecule has 0 fully saturated rings. The molecule has 6 heteroatoms. The van der Waals surface area contributed by atoms with Crippen molar-refractivity contribution in [3.05, 3.63) is 58.1 Å². The molecule has 1 atom stereocenters. The SMILES string of the molecule is CCc1ccc(C(CNC(=O)c2cc(Cl)c(N)cc2OC)N(C)C)cc1. The van der Waals surface area contributed by atoms with Gasteiger partial charge in [-0.2, -0.15) is 0 Å². The van der Waals surface area contributed by atoms with Crippen LogP contribution in [0.1, 0.15) is 34.5 Å². The number of rotatable bonds is 7. The van der Waals surface area contributed by atoms with Gasteiger partial charge in [0, 0.05) is 12.6 Å². The fourth-order valence-electron chi connectivity index (χ4n) is 2.77. The molecule has 2 aromatic carbocycles. The Morgan fingerprint density at radius 3 is 2.46 bits per heavy atom. The number of benzene rings is 2. The minimum Gasteiger partial charge on any atom is -0.496 e. The lowest BCUT2D eigenvalue weighted by Gasteiger charge is -2.25. The number of anilines is 1. The molecule has 0 aliphatic rings. The maximum atomic E-state index is 12.6. The summed E-state index contributed by atoms with van der Waals surface area (Å²) >= 11 is 6.06. The van der Waals surface area contributed by atoms with Crippen molar-refractivity contribution < 1.29 is 9.53 Å². The van der Waals surface area contributed by atoms with Gasteiger partial charge in [-0.3, -0.25) is 4.79 Å². The Morgan fingerprint density at radius 2 is 1.92 bits per heavy atom. The van der Waals surface area contributed by atoms with Gasteiger partial charge in [-0.05, 0) is 37.7 Å². The molecular weight excluding hydrogens is 350 g/mol. The Balaban J connectivity index is 2.16. The van der Waals surface area contributed by atoms with Crippen LogP contribution in [-0.4, -0.2) is 38.6 Å². The summed E-state index contributed by atoms with van der Waals surface area (Å²) < 4.78 is 5.26. The summed E-state index contributed by atoms with van der Waals surface area (Å²) in [7, 11) is 5.48. The molecule has 0 heterocycles. The van der Waals surface area contributed by atoms with Crippen molar-refractivity contribution >= 4 is 23.2 Å². The summed E-state index contributed by atoms with van der Waals surface area (Å²) in [4.78, 5) is 14.7. The van der Waals surface area contributed by atoms with E-state index in [1.54, 1.807) is 6.07 Å². The van der Waals surface area contributed by atoms with Crippen molar-refractivity contribution in [2.45, 2.75) is 19.4 Å². The van der Waals surface area contributed by atoms with Gasteiger partial charge in [0.1, 0.15) is 5.75 Å². The minimum absolute atomic E-state index is 0.0557. The number of carbonyl (C=O) groups excluding carboxylic acids is 1. The molecule has 0 aliphatic carbocycles. The van der Waals surface area contributed by atoms with Crippen LogP contribution in [0.25, 0.3) is 0 Å². The van der Waals surface area contributed by atoms with Gasteiger partial charge in [-0.15, -0.1) is 0 Å². The number of nitrogens with one attached hydrogen (secondary N) is 1. The van der Waals surface area contributed by atoms with Crippen LogP contribution >= 0.6 is 11.6 Å². The lowest BCUT2D eigenvalue weighted by Crippen LogP contribution is -2.34. The third-order valence-electron chi connectivity index (χ3n) is 4.42. The second-order valence-corrected chi connectivity index (χ2v) is 6.77. The molecule has 2 aromatic rings. The summed E-state index contributed by atoms with van der Waals surface area (Å²) in [6.45, 7) is 2.59. The van der Waals surface area contributed by atoms with Gasteiger partial charge >= 0.3 is 0 Å². The monoisotopic (exact) mass is 375 g/mol. The van der Waals surface area contributed by atoms with Crippen molar-refractivity contribution in [1.82, 2.24) is 10.2 Å². The molecule has 0 spiro atoms. The van der Waals surface area contributed by atoms with E-state index in [0.29, 0.717) is 28.6 Å². The first-order valence-corrected chi connectivity index (χ1v) is 8.91. The van der Waals surface area contributed by atoms with Crippen LogP contribution in [0.5, 0.6) is 5.75 Å². The number of nitrogens with two attached hydrogens (primary N) is 1. The highest BCUT2D eigenvalue weighted by molar-refractivity contribution is 6.33. The summed E-state index contributed by atoms with van der Waals surface area (Å²) in [5.41, 5.74) is 8.96. The van der Waals surface area contributed by atoms with E-state index in [0.717, 1.165) is 12.0 Å². The fourth-order valence-corrected chi connectivity index (χ4v) is 2.94. The quantitative estimate of drug-likeness (QED) is 0.726. The second kappa shape index (κ2) is 8.92. The van der Waals surface area contributed by atoms with Gasteiger partial charge in [0.15, 0.2) is 0 Å². The molecule has 0 bridgehead atoms. The summed E-state index contributed by atoms with van der Waals surface area (Å²) in [6.07, 6.45) is 1.00. The molecule has 2 rings (SSSR count). The third kappa shape index (κ3) is 4.68. The number of amides is 1. The zero-order valence-corrected chi connectivity index (χ0v) is 16.4.